The Balaban J connectivity index is 0.000000151. The normalized spacial score (nSPS) is 15.1. The third kappa shape index (κ3) is 24.3. The minimum Gasteiger partial charge on any atom is -0.490 e. The Morgan fingerprint density at radius 2 is 0.737 bits per heavy atom. The summed E-state index contributed by atoms with van der Waals surface area (Å²) in [6, 6.07) is 52.4. The van der Waals surface area contributed by atoms with Gasteiger partial charge in [0.1, 0.15) is 59.7 Å². The molecular formula is C98H104N16O17S2. The Hall–Kier alpha value is -13.7. The zero-order valence-electron chi connectivity index (χ0n) is 75.9. The fourth-order valence-corrected chi connectivity index (χ4v) is 18.5. The number of nitriles is 4. The number of ether oxygens (including phenoxy) is 7. The molecule has 4 heterocycles. The number of ketones is 1. The van der Waals surface area contributed by atoms with Crippen LogP contribution in [-0.2, 0) is 69.5 Å². The smallest absolute Gasteiger partial charge is 0.258 e. The minimum atomic E-state index is -3.47. The van der Waals surface area contributed by atoms with Crippen LogP contribution in [-0.4, -0.2) is 152 Å². The number of Topliss-reactive ketones (excluding diaryl/α,β-unsaturated/α-hetero) is 1. The van der Waals surface area contributed by atoms with Gasteiger partial charge in [0.2, 0.25) is 49.3 Å². The molecule has 4 atom stereocenters. The average molecular weight is 1840 g/mol. The lowest BCUT2D eigenvalue weighted by molar-refractivity contribution is -0.125. The molecule has 0 saturated carbocycles. The largest absolute Gasteiger partial charge is 0.490 e. The van der Waals surface area contributed by atoms with Gasteiger partial charge in [-0.25, -0.2) is 26.3 Å². The van der Waals surface area contributed by atoms with Gasteiger partial charge in [-0.15, -0.1) is 0 Å². The van der Waals surface area contributed by atoms with Crippen molar-refractivity contribution in [2.45, 2.75) is 176 Å². The van der Waals surface area contributed by atoms with E-state index in [2.05, 4.69) is 91.0 Å². The first-order valence-electron chi connectivity index (χ1n) is 43.8. The molecule has 16 rings (SSSR count). The van der Waals surface area contributed by atoms with Crippen LogP contribution in [0.2, 0.25) is 0 Å². The first kappa shape index (κ1) is 96.8. The molecule has 690 valence electrons. The number of carbonyl (C=O) groups is 2. The number of methoxy groups -OCH3 is 2. The van der Waals surface area contributed by atoms with Crippen molar-refractivity contribution >= 4 is 31.7 Å². The van der Waals surface area contributed by atoms with Gasteiger partial charge < -0.3 is 61.9 Å². The third-order valence-electron chi connectivity index (χ3n) is 22.0. The van der Waals surface area contributed by atoms with E-state index in [0.717, 1.165) is 81.3 Å². The highest BCUT2D eigenvalue weighted by molar-refractivity contribution is 7.89. The summed E-state index contributed by atoms with van der Waals surface area (Å²) in [7, 11) is -3.96. The number of amides is 1. The summed E-state index contributed by atoms with van der Waals surface area (Å²) < 4.78 is 115. The van der Waals surface area contributed by atoms with Crippen LogP contribution in [0.3, 0.4) is 0 Å². The molecule has 0 bridgehead atoms. The van der Waals surface area contributed by atoms with Crippen molar-refractivity contribution in [1.29, 1.82) is 21.0 Å². The van der Waals surface area contributed by atoms with Crippen LogP contribution in [0.15, 0.2) is 164 Å². The summed E-state index contributed by atoms with van der Waals surface area (Å²) in [5.74, 6) is 5.03. The monoisotopic (exact) mass is 1840 g/mol. The van der Waals surface area contributed by atoms with E-state index in [9.17, 15) is 47.5 Å². The molecule has 0 aliphatic heterocycles. The second-order valence-corrected chi connectivity index (χ2v) is 36.7. The van der Waals surface area contributed by atoms with Gasteiger partial charge in [-0.3, -0.25) is 9.59 Å². The summed E-state index contributed by atoms with van der Waals surface area (Å²) in [4.78, 5) is 41.5. The van der Waals surface area contributed by atoms with E-state index in [4.69, 9.17) is 51.3 Å². The van der Waals surface area contributed by atoms with Crippen molar-refractivity contribution < 1.29 is 77.7 Å². The summed E-state index contributed by atoms with van der Waals surface area (Å²) in [5, 5.41) is 61.2. The highest BCUT2D eigenvalue weighted by atomic mass is 32.2. The number of sulfonamides is 2. The fraction of sp³-hybridized carbons (Fsp3) is 0.367. The van der Waals surface area contributed by atoms with Gasteiger partial charge in [-0.05, 0) is 238 Å². The van der Waals surface area contributed by atoms with Gasteiger partial charge in [0.25, 0.3) is 23.6 Å². The Bertz CT molecular complexity index is 6590. The van der Waals surface area contributed by atoms with E-state index >= 15 is 0 Å². The van der Waals surface area contributed by atoms with E-state index < -0.39 is 20.0 Å². The lowest BCUT2D eigenvalue weighted by atomic mass is 10.0. The summed E-state index contributed by atoms with van der Waals surface area (Å²) >= 11 is 0. The van der Waals surface area contributed by atoms with Crippen LogP contribution in [0.4, 0.5) is 0 Å². The summed E-state index contributed by atoms with van der Waals surface area (Å²) in [6.45, 7) is 20.2. The van der Waals surface area contributed by atoms with E-state index in [-0.39, 0.29) is 103 Å². The Morgan fingerprint density at radius 3 is 1.04 bits per heavy atom. The zero-order valence-corrected chi connectivity index (χ0v) is 77.5. The van der Waals surface area contributed by atoms with E-state index in [1.165, 1.54) is 25.3 Å². The number of hydrogen-bond acceptors (Lipinski definition) is 30. The lowest BCUT2D eigenvalue weighted by Gasteiger charge is -2.15. The maximum absolute atomic E-state index is 12.5. The van der Waals surface area contributed by atoms with E-state index in [1.807, 2.05) is 135 Å². The molecule has 0 radical (unpaired) electrons. The number of fused-ring (bicyclic) bond motifs is 4. The highest BCUT2D eigenvalue weighted by Gasteiger charge is 2.35. The van der Waals surface area contributed by atoms with Crippen molar-refractivity contribution in [1.82, 2.24) is 60.6 Å². The zero-order chi connectivity index (χ0) is 94.6. The molecule has 1 amide bonds. The van der Waals surface area contributed by atoms with Crippen molar-refractivity contribution in [3.8, 4) is 139 Å². The number of nitrogens with zero attached hydrogens (tertiary/aromatic N) is 12. The van der Waals surface area contributed by atoms with Crippen LogP contribution in [0.25, 0.3) is 91.4 Å². The van der Waals surface area contributed by atoms with Crippen LogP contribution in [0.5, 0.6) is 23.0 Å². The Kier molecular flexibility index (Phi) is 32.4. The molecule has 0 spiro atoms. The van der Waals surface area contributed by atoms with Crippen molar-refractivity contribution in [2.24, 2.45) is 0 Å². The van der Waals surface area contributed by atoms with Crippen molar-refractivity contribution in [2.75, 3.05) is 58.7 Å². The number of carbonyl (C=O) groups excluding carboxylic acids is 2. The fourth-order valence-electron chi connectivity index (χ4n) is 16.1. The van der Waals surface area contributed by atoms with Crippen LogP contribution < -0.4 is 39.0 Å². The first-order valence-corrected chi connectivity index (χ1v) is 47.1. The second-order valence-electron chi connectivity index (χ2n) is 33.0. The van der Waals surface area contributed by atoms with Gasteiger partial charge in [-0.2, -0.15) is 41.0 Å². The maximum Gasteiger partial charge on any atom is 0.258 e. The van der Waals surface area contributed by atoms with Crippen molar-refractivity contribution in [3.05, 3.63) is 212 Å². The lowest BCUT2D eigenvalue weighted by Crippen LogP contribution is -2.31. The molecule has 0 fully saturated rings. The number of hydrogen-bond donors (Lipinski definition) is 4. The molecule has 133 heavy (non-hydrogen) atoms. The number of nitrogens with one attached hydrogen (secondary N) is 4. The SMILES string of the molecule is CC(=O)CCNC1CCc2c(-c3noc(-c4ccc(OC(C)C)c(C#N)c4)n3)cccc21.CCOCCS(=O)(=O)N[C@H]1CCc2c(-c3noc(-c4ccc(OC(C)C)c(C#N)c4)n3)cccc21.COCC(=O)NC1CCc2c(-c3noc(-c4ccc(OC(C)C)c(C#N)c4)n3)cccc21.COCCS(=O)(=O)N[C@H]1CCc2c(-c3noc(-c4ccc(OC(C)C)c(C#N)c4)n3)cccc21. The topological polar surface area (TPSA) is 466 Å². The van der Waals surface area contributed by atoms with Crippen LogP contribution in [0, 0.1) is 45.3 Å². The number of aromatic nitrogens is 8. The molecule has 4 N–H and O–H groups in total. The molecule has 4 aromatic heterocycles. The molecule has 4 aliphatic carbocycles. The molecule has 0 saturated heterocycles. The maximum atomic E-state index is 12.5. The first-order chi connectivity index (χ1) is 64.1. The van der Waals surface area contributed by atoms with E-state index in [1.54, 1.807) is 73.7 Å². The van der Waals surface area contributed by atoms with Crippen LogP contribution in [0.1, 0.15) is 192 Å². The Morgan fingerprint density at radius 1 is 0.429 bits per heavy atom. The molecule has 33 nitrogen and oxygen atoms in total. The highest BCUT2D eigenvalue weighted by Crippen LogP contribution is 2.44. The van der Waals surface area contributed by atoms with E-state index in [0.29, 0.717) is 148 Å². The molecule has 2 unspecified atom stereocenters. The molecule has 12 aromatic rings. The molecule has 4 aliphatic rings. The summed E-state index contributed by atoms with van der Waals surface area (Å²) in [6.07, 6.45) is 6.51. The molecular weight excluding hydrogens is 1740 g/mol. The van der Waals surface area contributed by atoms with Gasteiger partial charge >= 0.3 is 0 Å². The standard InChI is InChI=1S/C25H28N4O5S.C25H26N4O3.C24H26N4O5S.C24H24N4O4/c1-4-32-12-13-35(30,31)29-22-10-9-19-20(22)6-5-7-21(19)24-27-25(34-28-24)17-8-11-23(33-16(2)3)18(14-17)15-26;1-15(2)31-23-10-7-17(13-18(23)14-26)25-28-24(29-32-25)21-6-4-5-20-19(21)8-9-22(20)27-12-11-16(3)30;1-15(2)32-22-10-7-16(13-17(22)14-25)24-26-23(27-33-24)20-6-4-5-19-18(20)8-9-21(19)28-34(29,30)12-11-31-3;1-14(2)31-21-10-7-15(11-16(21)12-25)24-27-23(28-32-24)19-6-4-5-18-17(19)8-9-20(18)26-22(29)13-30-3/h5-8,11,14,16,22,29H,4,9-10,12-13H2,1-3H3;4-7,10,13,15,22,27H,8-9,11-12H2,1-3H3;4-7,10,13,15,21,28H,8-9,11-12H2,1-3H3;4-7,10-11,14,20H,8-9,13H2,1-3H3,(H,26,29)/t22-;;21-;/m0.0./s1. The predicted molar refractivity (Wildman–Crippen MR) is 492 cm³/mol. The van der Waals surface area contributed by atoms with Gasteiger partial charge in [0.05, 0.1) is 77.4 Å². The van der Waals surface area contributed by atoms with Gasteiger partial charge in [0, 0.05) is 96.4 Å². The summed E-state index contributed by atoms with van der Waals surface area (Å²) in [5.41, 5.74) is 16.0. The number of benzene rings is 8. The predicted octanol–water partition coefficient (Wildman–Crippen LogP) is 16.1. The van der Waals surface area contributed by atoms with Crippen LogP contribution >= 0.6 is 0 Å². The van der Waals surface area contributed by atoms with Crippen molar-refractivity contribution in [3.63, 3.8) is 0 Å². The molecule has 35 heteroatoms. The Labute approximate surface area is 772 Å². The van der Waals surface area contributed by atoms with Gasteiger partial charge in [-0.1, -0.05) is 93.4 Å². The minimum absolute atomic E-state index is 0.0242. The molecule has 8 aromatic carbocycles. The third-order valence-corrected chi connectivity index (χ3v) is 24.7. The average Bonchev–Trinajstić information content (AvgIpc) is 1.64. The quantitative estimate of drug-likeness (QED) is 0.0272. The number of rotatable bonds is 34. The second kappa shape index (κ2) is 44.5. The van der Waals surface area contributed by atoms with Gasteiger partial charge in [0.15, 0.2) is 0 Å².